The van der Waals surface area contributed by atoms with Crippen LogP contribution in [0, 0.1) is 0 Å². The van der Waals surface area contributed by atoms with Gasteiger partial charge in [-0.1, -0.05) is 24.3 Å². The van der Waals surface area contributed by atoms with Crippen LogP contribution in [-0.4, -0.2) is 28.0 Å². The van der Waals surface area contributed by atoms with Gasteiger partial charge in [-0.25, -0.2) is 5.01 Å². The molecular weight excluding hydrogens is 368 g/mol. The van der Waals surface area contributed by atoms with E-state index in [-0.39, 0.29) is 17.5 Å². The predicted molar refractivity (Wildman–Crippen MR) is 108 cm³/mol. The van der Waals surface area contributed by atoms with Gasteiger partial charge in [0.15, 0.2) is 11.5 Å². The van der Waals surface area contributed by atoms with Gasteiger partial charge in [0, 0.05) is 23.1 Å². The summed E-state index contributed by atoms with van der Waals surface area (Å²) < 4.78 is 11.9. The first kappa shape index (κ1) is 17.4. The number of aromatic hydroxyl groups is 2. The van der Waals surface area contributed by atoms with Crippen molar-refractivity contribution in [1.82, 2.24) is 5.01 Å². The zero-order valence-electron chi connectivity index (χ0n) is 15.8. The van der Waals surface area contributed by atoms with Crippen LogP contribution in [0.4, 0.5) is 0 Å². The van der Waals surface area contributed by atoms with Crippen LogP contribution >= 0.6 is 0 Å². The predicted octanol–water partition coefficient (Wildman–Crippen LogP) is 4.35. The maximum atomic E-state index is 10.3. The normalized spacial score (nSPS) is 19.8. The van der Waals surface area contributed by atoms with E-state index in [1.165, 1.54) is 0 Å². The van der Waals surface area contributed by atoms with Gasteiger partial charge in [-0.05, 0) is 42.5 Å². The molecule has 146 valence electrons. The molecule has 2 aliphatic rings. The number of hydrogen-bond donors (Lipinski definition) is 2. The van der Waals surface area contributed by atoms with E-state index >= 15 is 0 Å². The van der Waals surface area contributed by atoms with E-state index in [9.17, 15) is 10.2 Å². The summed E-state index contributed by atoms with van der Waals surface area (Å²) in [6.45, 7) is 0. The molecule has 0 spiro atoms. The Morgan fingerprint density at radius 1 is 1.00 bits per heavy atom. The van der Waals surface area contributed by atoms with Gasteiger partial charge in [0.25, 0.3) is 0 Å². The molecule has 5 rings (SSSR count). The smallest absolute Gasteiger partial charge is 0.214 e. The van der Waals surface area contributed by atoms with Crippen molar-refractivity contribution >= 4 is 5.71 Å². The molecule has 0 radical (unpaired) electrons. The fourth-order valence-electron chi connectivity index (χ4n) is 3.98. The van der Waals surface area contributed by atoms with Gasteiger partial charge in [-0.15, -0.1) is 0 Å². The molecule has 0 saturated heterocycles. The number of hydrogen-bond acceptors (Lipinski definition) is 6. The first-order valence-corrected chi connectivity index (χ1v) is 9.42. The molecule has 2 atom stereocenters. The minimum atomic E-state index is -0.479. The first-order chi connectivity index (χ1) is 14.2. The van der Waals surface area contributed by atoms with Gasteiger partial charge in [0.2, 0.25) is 6.23 Å². The van der Waals surface area contributed by atoms with Crippen LogP contribution in [0.15, 0.2) is 71.8 Å². The highest BCUT2D eigenvalue weighted by molar-refractivity contribution is 6.04. The van der Waals surface area contributed by atoms with E-state index in [2.05, 4.69) is 0 Å². The van der Waals surface area contributed by atoms with Crippen LogP contribution in [0.25, 0.3) is 0 Å². The topological polar surface area (TPSA) is 74.5 Å². The van der Waals surface area contributed by atoms with Crippen molar-refractivity contribution in [1.29, 1.82) is 0 Å². The zero-order chi connectivity index (χ0) is 20.0. The molecule has 6 nitrogen and oxygen atoms in total. The molecule has 0 aliphatic carbocycles. The van der Waals surface area contributed by atoms with Gasteiger partial charge < -0.3 is 19.7 Å². The summed E-state index contributed by atoms with van der Waals surface area (Å²) in [6.07, 6.45) is 0.156. The second-order valence-electron chi connectivity index (χ2n) is 7.10. The highest BCUT2D eigenvalue weighted by Gasteiger charge is 2.42. The van der Waals surface area contributed by atoms with Crippen molar-refractivity contribution in [3.8, 4) is 23.0 Å². The summed E-state index contributed by atoms with van der Waals surface area (Å²) in [6, 6.07) is 19.9. The molecule has 0 bridgehead atoms. The Kier molecular flexibility index (Phi) is 4.05. The van der Waals surface area contributed by atoms with Gasteiger partial charge in [-0.3, -0.25) is 0 Å². The first-order valence-electron chi connectivity index (χ1n) is 9.42. The maximum absolute atomic E-state index is 10.3. The highest BCUT2D eigenvalue weighted by atomic mass is 16.5. The van der Waals surface area contributed by atoms with Crippen molar-refractivity contribution < 1.29 is 19.7 Å². The van der Waals surface area contributed by atoms with E-state index in [0.29, 0.717) is 17.9 Å². The Hall–Kier alpha value is -3.67. The number of benzene rings is 3. The lowest BCUT2D eigenvalue weighted by atomic mass is 9.95. The molecule has 2 aliphatic heterocycles. The van der Waals surface area contributed by atoms with Crippen molar-refractivity contribution in [3.05, 3.63) is 83.4 Å². The third-order valence-corrected chi connectivity index (χ3v) is 5.39. The molecule has 3 aromatic rings. The van der Waals surface area contributed by atoms with Crippen LogP contribution in [0.3, 0.4) is 0 Å². The molecule has 6 heteroatoms. The Morgan fingerprint density at radius 2 is 1.79 bits per heavy atom. The fourth-order valence-corrected chi connectivity index (χ4v) is 3.98. The quantitative estimate of drug-likeness (QED) is 0.698. The lowest BCUT2D eigenvalue weighted by Crippen LogP contribution is -2.33. The SMILES string of the molecule is COc1cccc2c1O[C@@H](c1ccc(O)cc1)N1N=C(c3ccccc3O)C[C@@H]21. The van der Waals surface area contributed by atoms with Crippen molar-refractivity contribution in [2.24, 2.45) is 5.10 Å². The second-order valence-corrected chi connectivity index (χ2v) is 7.10. The van der Waals surface area contributed by atoms with Crippen molar-refractivity contribution in [3.63, 3.8) is 0 Å². The molecule has 0 amide bonds. The van der Waals surface area contributed by atoms with Crippen molar-refractivity contribution in [2.75, 3.05) is 7.11 Å². The third-order valence-electron chi connectivity index (χ3n) is 5.39. The van der Waals surface area contributed by atoms with Crippen LogP contribution in [-0.2, 0) is 0 Å². The summed E-state index contributed by atoms with van der Waals surface area (Å²) in [4.78, 5) is 0. The molecule has 0 saturated carbocycles. The van der Waals surface area contributed by atoms with E-state index in [0.717, 1.165) is 22.4 Å². The number of phenols is 2. The Labute approximate surface area is 168 Å². The summed E-state index contributed by atoms with van der Waals surface area (Å²) in [7, 11) is 1.62. The Balaban J connectivity index is 1.63. The Morgan fingerprint density at radius 3 is 2.55 bits per heavy atom. The summed E-state index contributed by atoms with van der Waals surface area (Å²) in [5.41, 5.74) is 3.38. The summed E-state index contributed by atoms with van der Waals surface area (Å²) in [5.74, 6) is 1.77. The van der Waals surface area contributed by atoms with Crippen LogP contribution in [0.2, 0.25) is 0 Å². The summed E-state index contributed by atoms with van der Waals surface area (Å²) in [5, 5.41) is 26.8. The lowest BCUT2D eigenvalue weighted by Gasteiger charge is -2.38. The minimum absolute atomic E-state index is 0.0535. The fraction of sp³-hybridized carbons (Fsp3) is 0.174. The average molecular weight is 388 g/mol. The van der Waals surface area contributed by atoms with Crippen molar-refractivity contribution in [2.45, 2.75) is 18.7 Å². The molecule has 0 unspecified atom stereocenters. The number of rotatable bonds is 3. The number of hydrazone groups is 1. The third kappa shape index (κ3) is 2.84. The van der Waals surface area contributed by atoms with E-state index in [1.54, 1.807) is 31.4 Å². The highest BCUT2D eigenvalue weighted by Crippen LogP contribution is 2.51. The molecule has 29 heavy (non-hydrogen) atoms. The number of nitrogens with zero attached hydrogens (tertiary/aromatic N) is 2. The van der Waals surface area contributed by atoms with E-state index < -0.39 is 6.23 Å². The van der Waals surface area contributed by atoms with Gasteiger partial charge in [-0.2, -0.15) is 5.10 Å². The minimum Gasteiger partial charge on any atom is -0.508 e. The molecule has 2 N–H and O–H groups in total. The molecule has 0 fully saturated rings. The van der Waals surface area contributed by atoms with E-state index in [1.807, 2.05) is 47.5 Å². The zero-order valence-corrected chi connectivity index (χ0v) is 15.8. The van der Waals surface area contributed by atoms with Crippen LogP contribution in [0.1, 0.15) is 35.4 Å². The number of fused-ring (bicyclic) bond motifs is 3. The summed E-state index contributed by atoms with van der Waals surface area (Å²) >= 11 is 0. The lowest BCUT2D eigenvalue weighted by molar-refractivity contribution is -0.0209. The van der Waals surface area contributed by atoms with Gasteiger partial charge >= 0.3 is 0 Å². The molecule has 0 aromatic heterocycles. The van der Waals surface area contributed by atoms with Crippen LogP contribution in [0.5, 0.6) is 23.0 Å². The standard InChI is InChI=1S/C23H20N2O4/c1-28-21-8-4-6-17-19-13-18(16-5-2-3-7-20(16)27)24-25(19)23(29-22(17)21)14-9-11-15(26)12-10-14/h2-12,19,23,26-27H,13H2,1H3/t19-,23-/m0/s1. The van der Waals surface area contributed by atoms with E-state index in [4.69, 9.17) is 14.6 Å². The average Bonchev–Trinajstić information content (AvgIpc) is 3.19. The molecule has 2 heterocycles. The molecule has 3 aromatic carbocycles. The number of methoxy groups -OCH3 is 1. The number of para-hydroxylation sites is 2. The molecular formula is C23H20N2O4. The monoisotopic (exact) mass is 388 g/mol. The largest absolute Gasteiger partial charge is 0.508 e. The maximum Gasteiger partial charge on any atom is 0.214 e. The van der Waals surface area contributed by atoms with Gasteiger partial charge in [0.1, 0.15) is 11.5 Å². The number of phenolic OH excluding ortho intramolecular Hbond substituents is 2. The second kappa shape index (κ2) is 6.74. The van der Waals surface area contributed by atoms with Gasteiger partial charge in [0.05, 0.1) is 18.9 Å². The Bertz CT molecular complexity index is 1090. The van der Waals surface area contributed by atoms with Crippen LogP contribution < -0.4 is 9.47 Å². The number of ether oxygens (including phenoxy) is 2.